The third kappa shape index (κ3) is 3.00. The maximum Gasteiger partial charge on any atom is 0.277 e. The van der Waals surface area contributed by atoms with Crippen LogP contribution in [0.4, 0.5) is 5.82 Å². The van der Waals surface area contributed by atoms with Crippen LogP contribution in [0.2, 0.25) is 0 Å². The van der Waals surface area contributed by atoms with E-state index in [4.69, 9.17) is 0 Å². The number of rotatable bonds is 3. The molecule has 0 saturated heterocycles. The third-order valence-electron chi connectivity index (χ3n) is 3.80. The van der Waals surface area contributed by atoms with E-state index in [1.54, 1.807) is 10.7 Å². The molecular formula is C18H15N7O. The number of fused-ring (bicyclic) bond motifs is 1. The van der Waals surface area contributed by atoms with Gasteiger partial charge in [-0.3, -0.25) is 9.78 Å². The van der Waals surface area contributed by atoms with E-state index >= 15 is 0 Å². The molecule has 3 aromatic heterocycles. The number of nitrogens with zero attached hydrogens (tertiary/aromatic N) is 6. The number of hydrogen-bond donors (Lipinski definition) is 1. The van der Waals surface area contributed by atoms with Crippen molar-refractivity contribution in [2.45, 2.75) is 13.8 Å². The van der Waals surface area contributed by atoms with E-state index in [2.05, 4.69) is 30.4 Å². The van der Waals surface area contributed by atoms with Crippen molar-refractivity contribution in [2.24, 2.45) is 0 Å². The smallest absolute Gasteiger partial charge is 0.277 e. The van der Waals surface area contributed by atoms with Gasteiger partial charge in [0.2, 0.25) is 0 Å². The first-order valence-electron chi connectivity index (χ1n) is 7.99. The first-order chi connectivity index (χ1) is 12.6. The van der Waals surface area contributed by atoms with Crippen molar-refractivity contribution in [3.63, 3.8) is 0 Å². The normalized spacial score (nSPS) is 10.8. The van der Waals surface area contributed by atoms with Crippen molar-refractivity contribution in [2.75, 3.05) is 5.32 Å². The Bertz CT molecular complexity index is 1120. The number of aromatic nitrogens is 6. The largest absolute Gasteiger partial charge is 0.305 e. The molecule has 1 N–H and O–H groups in total. The number of benzene rings is 1. The molecule has 0 aliphatic carbocycles. The highest BCUT2D eigenvalue weighted by Crippen LogP contribution is 2.14. The van der Waals surface area contributed by atoms with Crippen LogP contribution >= 0.6 is 0 Å². The van der Waals surface area contributed by atoms with Crippen LogP contribution in [0.1, 0.15) is 21.9 Å². The minimum Gasteiger partial charge on any atom is -0.305 e. The van der Waals surface area contributed by atoms with Gasteiger partial charge in [-0.1, -0.05) is 12.1 Å². The zero-order valence-corrected chi connectivity index (χ0v) is 14.2. The number of anilines is 1. The summed E-state index contributed by atoms with van der Waals surface area (Å²) in [5, 5.41) is 7.11. The van der Waals surface area contributed by atoms with Crippen molar-refractivity contribution in [1.29, 1.82) is 0 Å². The number of hydrogen-bond acceptors (Lipinski definition) is 6. The Morgan fingerprint density at radius 3 is 2.62 bits per heavy atom. The number of carbonyl (C=O) groups excluding carboxylic acids is 1. The summed E-state index contributed by atoms with van der Waals surface area (Å²) >= 11 is 0. The molecule has 1 amide bonds. The van der Waals surface area contributed by atoms with Gasteiger partial charge in [-0.2, -0.15) is 5.10 Å². The van der Waals surface area contributed by atoms with Crippen LogP contribution in [-0.4, -0.2) is 35.6 Å². The van der Waals surface area contributed by atoms with Gasteiger partial charge in [0.1, 0.15) is 17.8 Å². The molecule has 0 fully saturated rings. The summed E-state index contributed by atoms with van der Waals surface area (Å²) < 4.78 is 1.70. The van der Waals surface area contributed by atoms with E-state index < -0.39 is 0 Å². The molecule has 8 heteroatoms. The Morgan fingerprint density at radius 1 is 1.04 bits per heavy atom. The van der Waals surface area contributed by atoms with E-state index in [9.17, 15) is 4.79 Å². The quantitative estimate of drug-likeness (QED) is 0.612. The second-order valence-corrected chi connectivity index (χ2v) is 5.80. The Kier molecular flexibility index (Phi) is 3.85. The summed E-state index contributed by atoms with van der Waals surface area (Å²) in [5.41, 5.74) is 3.44. The zero-order chi connectivity index (χ0) is 18.1. The molecule has 0 radical (unpaired) electrons. The highest BCUT2D eigenvalue weighted by atomic mass is 16.1. The van der Waals surface area contributed by atoms with Crippen molar-refractivity contribution in [3.8, 4) is 5.82 Å². The van der Waals surface area contributed by atoms with Crippen LogP contribution in [0.15, 0.2) is 48.9 Å². The summed E-state index contributed by atoms with van der Waals surface area (Å²) in [4.78, 5) is 29.4. The van der Waals surface area contributed by atoms with Gasteiger partial charge in [0.25, 0.3) is 5.91 Å². The molecule has 0 atom stereocenters. The van der Waals surface area contributed by atoms with Crippen LogP contribution in [0.25, 0.3) is 16.9 Å². The second kappa shape index (κ2) is 6.32. The monoisotopic (exact) mass is 345 g/mol. The lowest BCUT2D eigenvalue weighted by Crippen LogP contribution is -2.16. The van der Waals surface area contributed by atoms with Gasteiger partial charge in [-0.05, 0) is 32.0 Å². The van der Waals surface area contributed by atoms with Gasteiger partial charge in [0, 0.05) is 11.8 Å². The molecule has 1 aromatic carbocycles. The van der Waals surface area contributed by atoms with E-state index in [1.165, 1.54) is 12.5 Å². The highest BCUT2D eigenvalue weighted by Gasteiger charge is 2.12. The average Bonchev–Trinajstić information content (AvgIpc) is 2.99. The predicted molar refractivity (Wildman–Crippen MR) is 96.1 cm³/mol. The van der Waals surface area contributed by atoms with Gasteiger partial charge in [-0.25, -0.2) is 19.6 Å². The van der Waals surface area contributed by atoms with Gasteiger partial charge in [-0.15, -0.1) is 0 Å². The number of carbonyl (C=O) groups is 1. The maximum atomic E-state index is 12.5. The predicted octanol–water partition coefficient (Wildman–Crippen LogP) is 2.47. The summed E-state index contributed by atoms with van der Waals surface area (Å²) in [5.74, 6) is 0.550. The Labute approximate surface area is 149 Å². The van der Waals surface area contributed by atoms with Gasteiger partial charge < -0.3 is 5.32 Å². The molecule has 3 heterocycles. The fourth-order valence-corrected chi connectivity index (χ4v) is 2.64. The minimum atomic E-state index is -0.388. The van der Waals surface area contributed by atoms with Crippen molar-refractivity contribution in [1.82, 2.24) is 29.7 Å². The minimum absolute atomic E-state index is 0.218. The van der Waals surface area contributed by atoms with Crippen molar-refractivity contribution >= 4 is 22.8 Å². The fraction of sp³-hybridized carbons (Fsp3) is 0.111. The Hall–Kier alpha value is -3.68. The molecule has 26 heavy (non-hydrogen) atoms. The highest BCUT2D eigenvalue weighted by molar-refractivity contribution is 6.03. The van der Waals surface area contributed by atoms with Crippen LogP contribution < -0.4 is 5.32 Å². The number of amides is 1. The van der Waals surface area contributed by atoms with Gasteiger partial charge >= 0.3 is 0 Å². The molecular weight excluding hydrogens is 330 g/mol. The molecule has 0 aliphatic heterocycles. The van der Waals surface area contributed by atoms with Crippen molar-refractivity contribution < 1.29 is 4.79 Å². The van der Waals surface area contributed by atoms with Crippen LogP contribution in [-0.2, 0) is 0 Å². The topological polar surface area (TPSA) is 98.5 Å². The molecule has 4 aromatic rings. The molecule has 8 nitrogen and oxygen atoms in total. The molecule has 0 bridgehead atoms. The summed E-state index contributed by atoms with van der Waals surface area (Å²) in [6, 6.07) is 11.0. The van der Waals surface area contributed by atoms with Crippen LogP contribution in [0, 0.1) is 13.8 Å². The lowest BCUT2D eigenvalue weighted by Gasteiger charge is -2.07. The van der Waals surface area contributed by atoms with Crippen LogP contribution in [0.5, 0.6) is 0 Å². The molecule has 0 unspecified atom stereocenters. The summed E-state index contributed by atoms with van der Waals surface area (Å²) in [7, 11) is 0. The molecule has 0 aliphatic rings. The fourth-order valence-electron chi connectivity index (χ4n) is 2.64. The van der Waals surface area contributed by atoms with Gasteiger partial charge in [0.15, 0.2) is 5.82 Å². The van der Waals surface area contributed by atoms with Crippen LogP contribution in [0.3, 0.4) is 0 Å². The molecule has 4 rings (SSSR count). The molecule has 128 valence electrons. The van der Waals surface area contributed by atoms with Gasteiger partial charge in [0.05, 0.1) is 22.9 Å². The lowest BCUT2D eigenvalue weighted by molar-refractivity contribution is 0.102. The standard InChI is InChI=1S/C18H15N7O/c1-11-7-12(2)25(24-11)17-8-16(20-10-21-17)23-18(26)15-9-19-13-5-3-4-6-14(13)22-15/h3-10H,1-2H3,(H,20,21,23,26). The second-order valence-electron chi connectivity index (χ2n) is 5.80. The SMILES string of the molecule is Cc1cc(C)n(-c2cc(NC(=O)c3cnc4ccccc4n3)ncn2)n1. The first-order valence-corrected chi connectivity index (χ1v) is 7.99. The third-order valence-corrected chi connectivity index (χ3v) is 3.80. The van der Waals surface area contributed by atoms with E-state index in [0.29, 0.717) is 17.2 Å². The summed E-state index contributed by atoms with van der Waals surface area (Å²) in [6.45, 7) is 3.84. The Morgan fingerprint density at radius 2 is 1.85 bits per heavy atom. The summed E-state index contributed by atoms with van der Waals surface area (Å²) in [6.07, 6.45) is 2.83. The van der Waals surface area contributed by atoms with E-state index in [1.807, 2.05) is 44.2 Å². The number of para-hydroxylation sites is 2. The molecule has 0 saturated carbocycles. The number of nitrogens with one attached hydrogen (secondary N) is 1. The maximum absolute atomic E-state index is 12.5. The zero-order valence-electron chi connectivity index (χ0n) is 14.2. The van der Waals surface area contributed by atoms with Crippen molar-refractivity contribution in [3.05, 3.63) is 66.0 Å². The molecule has 0 spiro atoms. The van der Waals surface area contributed by atoms with E-state index in [-0.39, 0.29) is 11.6 Å². The van der Waals surface area contributed by atoms with E-state index in [0.717, 1.165) is 16.9 Å². The average molecular weight is 345 g/mol. The number of aryl methyl sites for hydroxylation is 2. The lowest BCUT2D eigenvalue weighted by atomic mass is 10.3. The first kappa shape index (κ1) is 15.8. The Balaban J connectivity index is 1.61.